The zero-order valence-corrected chi connectivity index (χ0v) is 23.4. The highest BCUT2D eigenvalue weighted by Crippen LogP contribution is 2.32. The number of carbonyl (C=O) groups excluding carboxylic acids is 2. The van der Waals surface area contributed by atoms with Crippen LogP contribution in [0, 0.1) is 6.92 Å². The van der Waals surface area contributed by atoms with Gasteiger partial charge in [0.05, 0.1) is 16.7 Å². The minimum atomic E-state index is -1.01. The van der Waals surface area contributed by atoms with E-state index >= 15 is 0 Å². The van der Waals surface area contributed by atoms with Crippen molar-refractivity contribution in [1.82, 2.24) is 19.7 Å². The molecule has 4 aromatic carbocycles. The smallest absolute Gasteiger partial charge is 0.344 e. The first kappa shape index (κ1) is 28.0. The van der Waals surface area contributed by atoms with Crippen LogP contribution in [0.1, 0.15) is 42.5 Å². The third-order valence-corrected chi connectivity index (χ3v) is 6.96. The molecule has 216 valence electrons. The minimum Gasteiger partial charge on any atom is -0.478 e. The summed E-state index contributed by atoms with van der Waals surface area (Å²) in [7, 11) is 0. The molecule has 0 saturated carbocycles. The van der Waals surface area contributed by atoms with Crippen molar-refractivity contribution in [3.8, 4) is 22.9 Å². The Bertz CT molecular complexity index is 2010. The van der Waals surface area contributed by atoms with Crippen LogP contribution in [0.15, 0.2) is 109 Å². The maximum Gasteiger partial charge on any atom is 0.344 e. The molecule has 0 spiro atoms. The van der Waals surface area contributed by atoms with Gasteiger partial charge in [-0.3, -0.25) is 0 Å². The minimum absolute atomic E-state index is 0.0963. The van der Waals surface area contributed by atoms with E-state index in [0.717, 1.165) is 11.1 Å². The number of carbonyl (C=O) groups is 3. The molecule has 10 heteroatoms. The van der Waals surface area contributed by atoms with E-state index < -0.39 is 17.9 Å². The quantitative estimate of drug-likeness (QED) is 0.214. The highest BCUT2D eigenvalue weighted by atomic mass is 16.6. The van der Waals surface area contributed by atoms with E-state index in [9.17, 15) is 19.5 Å². The van der Waals surface area contributed by atoms with Crippen molar-refractivity contribution in [3.05, 3.63) is 137 Å². The van der Waals surface area contributed by atoms with Crippen LogP contribution < -0.4 is 9.47 Å². The first-order valence-corrected chi connectivity index (χ1v) is 13.6. The molecular weight excluding hydrogens is 560 g/mol. The van der Waals surface area contributed by atoms with Gasteiger partial charge < -0.3 is 19.1 Å². The van der Waals surface area contributed by atoms with Crippen molar-refractivity contribution in [1.29, 1.82) is 0 Å². The summed E-state index contributed by atoms with van der Waals surface area (Å²) in [5.74, 6) is -1.98. The van der Waals surface area contributed by atoms with Gasteiger partial charge in [-0.25, -0.2) is 19.4 Å². The van der Waals surface area contributed by atoms with E-state index in [2.05, 4.69) is 15.2 Å². The summed E-state index contributed by atoms with van der Waals surface area (Å²) in [5, 5.41) is 17.8. The summed E-state index contributed by atoms with van der Waals surface area (Å²) in [6, 6.07) is 31.1. The Morgan fingerprint density at radius 3 is 1.86 bits per heavy atom. The number of rotatable bonds is 8. The number of hydrogen-bond donors (Lipinski definition) is 1. The third-order valence-electron chi connectivity index (χ3n) is 6.96. The van der Waals surface area contributed by atoms with Gasteiger partial charge in [0.15, 0.2) is 5.52 Å². The molecule has 0 aliphatic carbocycles. The lowest BCUT2D eigenvalue weighted by Gasteiger charge is -2.12. The number of ether oxygens (including phenoxy) is 2. The van der Waals surface area contributed by atoms with E-state index in [0.29, 0.717) is 28.0 Å². The Morgan fingerprint density at radius 1 is 0.705 bits per heavy atom. The van der Waals surface area contributed by atoms with E-state index in [1.54, 1.807) is 96.4 Å². The molecule has 44 heavy (non-hydrogen) atoms. The molecule has 6 aromatic rings. The molecule has 0 bridgehead atoms. The molecule has 0 atom stereocenters. The maximum absolute atomic E-state index is 13.0. The molecule has 6 rings (SSSR count). The van der Waals surface area contributed by atoms with Gasteiger partial charge in [-0.15, -0.1) is 10.2 Å². The van der Waals surface area contributed by atoms with Crippen molar-refractivity contribution < 1.29 is 29.0 Å². The molecule has 1 N–H and O–H groups in total. The van der Waals surface area contributed by atoms with Crippen LogP contribution in [0.5, 0.6) is 11.8 Å². The summed E-state index contributed by atoms with van der Waals surface area (Å²) in [5.41, 5.74) is 3.57. The summed E-state index contributed by atoms with van der Waals surface area (Å²) in [6.45, 7) is 2.06. The average molecular weight is 585 g/mol. The van der Waals surface area contributed by atoms with Crippen LogP contribution in [0.2, 0.25) is 0 Å². The number of imidazole rings is 1. The molecule has 0 saturated heterocycles. The second kappa shape index (κ2) is 12.0. The average Bonchev–Trinajstić information content (AvgIpc) is 3.39. The lowest BCUT2D eigenvalue weighted by molar-refractivity contribution is 0.0694. The van der Waals surface area contributed by atoms with Crippen LogP contribution in [0.3, 0.4) is 0 Å². The topological polar surface area (TPSA) is 134 Å². The Balaban J connectivity index is 1.38. The number of nitrogens with zero attached hydrogens (tertiary/aromatic N) is 4. The molecule has 10 nitrogen and oxygen atoms in total. The number of aromatic nitrogens is 4. The van der Waals surface area contributed by atoms with E-state index in [4.69, 9.17) is 9.47 Å². The molecule has 0 aliphatic rings. The fourth-order valence-electron chi connectivity index (χ4n) is 4.78. The van der Waals surface area contributed by atoms with E-state index in [1.165, 1.54) is 0 Å². The Kier molecular flexibility index (Phi) is 7.62. The van der Waals surface area contributed by atoms with Crippen LogP contribution in [0.4, 0.5) is 0 Å². The monoisotopic (exact) mass is 584 g/mol. The summed E-state index contributed by atoms with van der Waals surface area (Å²) >= 11 is 0. The molecule has 0 unspecified atom stereocenters. The van der Waals surface area contributed by atoms with Gasteiger partial charge in [0.2, 0.25) is 0 Å². The maximum atomic E-state index is 13.0. The fraction of sp³-hybridized carbons (Fsp3) is 0.0588. The van der Waals surface area contributed by atoms with Crippen LogP contribution in [-0.2, 0) is 6.54 Å². The predicted molar refractivity (Wildman–Crippen MR) is 161 cm³/mol. The summed E-state index contributed by atoms with van der Waals surface area (Å²) in [6.07, 6.45) is 0. The molecule has 2 aromatic heterocycles. The Morgan fingerprint density at radius 2 is 1.25 bits per heavy atom. The van der Waals surface area contributed by atoms with E-state index in [-0.39, 0.29) is 29.4 Å². The summed E-state index contributed by atoms with van der Waals surface area (Å²) in [4.78, 5) is 42.2. The standard InChI is InChI=1S/C34H24N4O6/c1-21-35-28-29(38(21)20-22-16-18-23(19-17-22)26-14-8-9-15-27(26)32(39)40)31(44-34(42)25-12-6-3-7-13-25)37-36-30(28)43-33(41)24-10-4-2-5-11-24/h2-19H,20H2,1H3,(H,39,40). The lowest BCUT2D eigenvalue weighted by atomic mass is 9.99. The first-order chi connectivity index (χ1) is 21.4. The predicted octanol–water partition coefficient (Wildman–Crippen LogP) is 5.99. The lowest BCUT2D eigenvalue weighted by Crippen LogP contribution is -2.14. The van der Waals surface area contributed by atoms with Crippen molar-refractivity contribution in [3.63, 3.8) is 0 Å². The Labute approximate surface area is 251 Å². The number of carboxylic acids is 1. The van der Waals surface area contributed by atoms with Gasteiger partial charge in [-0.1, -0.05) is 78.9 Å². The number of hydrogen-bond acceptors (Lipinski definition) is 8. The van der Waals surface area contributed by atoms with Gasteiger partial charge in [0.1, 0.15) is 11.3 Å². The zero-order chi connectivity index (χ0) is 30.6. The van der Waals surface area contributed by atoms with Crippen molar-refractivity contribution in [2.75, 3.05) is 0 Å². The second-order valence-corrected chi connectivity index (χ2v) is 9.81. The molecule has 0 aliphatic heterocycles. The summed E-state index contributed by atoms with van der Waals surface area (Å²) < 4.78 is 13.1. The number of fused-ring (bicyclic) bond motifs is 1. The number of carboxylic acid groups (broad SMARTS) is 1. The number of aryl methyl sites for hydroxylation is 1. The zero-order valence-electron chi connectivity index (χ0n) is 23.4. The number of benzene rings is 4. The largest absolute Gasteiger partial charge is 0.478 e. The van der Waals surface area contributed by atoms with Crippen LogP contribution in [-0.4, -0.2) is 42.8 Å². The van der Waals surface area contributed by atoms with Gasteiger partial charge in [0.25, 0.3) is 11.8 Å². The van der Waals surface area contributed by atoms with Gasteiger partial charge in [-0.05, 0) is 53.9 Å². The van der Waals surface area contributed by atoms with Gasteiger partial charge in [0, 0.05) is 6.54 Å². The third kappa shape index (κ3) is 5.64. The molecule has 0 fully saturated rings. The molecule has 0 radical (unpaired) electrons. The fourth-order valence-corrected chi connectivity index (χ4v) is 4.78. The van der Waals surface area contributed by atoms with Gasteiger partial charge in [-0.2, -0.15) is 0 Å². The van der Waals surface area contributed by atoms with Crippen molar-refractivity contribution >= 4 is 28.9 Å². The van der Waals surface area contributed by atoms with Crippen LogP contribution >= 0.6 is 0 Å². The molecule has 0 amide bonds. The van der Waals surface area contributed by atoms with Crippen molar-refractivity contribution in [2.45, 2.75) is 13.5 Å². The van der Waals surface area contributed by atoms with Crippen LogP contribution in [0.25, 0.3) is 22.2 Å². The highest BCUT2D eigenvalue weighted by Gasteiger charge is 2.24. The number of aromatic carboxylic acids is 1. The van der Waals surface area contributed by atoms with E-state index in [1.807, 2.05) is 24.3 Å². The molecular formula is C34H24N4O6. The number of esters is 2. The Hall–Kier alpha value is -6.16. The second-order valence-electron chi connectivity index (χ2n) is 9.81. The van der Waals surface area contributed by atoms with Crippen molar-refractivity contribution in [2.24, 2.45) is 0 Å². The first-order valence-electron chi connectivity index (χ1n) is 13.6. The SMILES string of the molecule is Cc1nc2c(OC(=O)c3ccccc3)nnc(OC(=O)c3ccccc3)c2n1Cc1ccc(-c2ccccc2C(=O)O)cc1. The molecule has 2 heterocycles. The highest BCUT2D eigenvalue weighted by molar-refractivity contribution is 5.97. The van der Waals surface area contributed by atoms with Gasteiger partial charge >= 0.3 is 17.9 Å². The normalized spacial score (nSPS) is 10.8.